The number of morpholine rings is 1. The Morgan fingerprint density at radius 2 is 2.25 bits per heavy atom. The second kappa shape index (κ2) is 5.98. The lowest BCUT2D eigenvalue weighted by Gasteiger charge is -2.37. The number of carbonyl (C=O) groups is 1. The highest BCUT2D eigenvalue weighted by molar-refractivity contribution is 5.79. The molecule has 2 aliphatic rings. The molecular formula is C17H18FN3O3. The molecule has 0 N–H and O–H groups in total. The smallest absolute Gasteiger partial charge is 0.261 e. The Kier molecular flexibility index (Phi) is 3.80. The number of hydrogen-bond donors (Lipinski definition) is 0. The van der Waals surface area contributed by atoms with E-state index >= 15 is 0 Å². The fraction of sp³-hybridized carbons (Fsp3) is 0.471. The van der Waals surface area contributed by atoms with Crippen LogP contribution in [0.3, 0.4) is 0 Å². The van der Waals surface area contributed by atoms with Gasteiger partial charge < -0.3 is 9.64 Å². The molecule has 1 aromatic carbocycles. The monoisotopic (exact) mass is 331 g/mol. The standard InChI is InChI=1S/C17H18FN3O3/c18-11-4-5-13-12(8-11)17(23)20(10-19-13)9-16(22)21-6-7-24-15-3-1-2-14(15)21/h4-5,8,10,14-15H,1-3,6-7,9H2/t14-,15+/m0/s1. The van der Waals surface area contributed by atoms with Crippen LogP contribution >= 0.6 is 0 Å². The maximum Gasteiger partial charge on any atom is 0.261 e. The van der Waals surface area contributed by atoms with E-state index in [2.05, 4.69) is 4.98 Å². The van der Waals surface area contributed by atoms with Gasteiger partial charge >= 0.3 is 0 Å². The first-order valence-electron chi connectivity index (χ1n) is 8.19. The molecule has 6 nitrogen and oxygen atoms in total. The number of aromatic nitrogens is 2. The van der Waals surface area contributed by atoms with Gasteiger partial charge in [0.05, 0.1) is 36.0 Å². The van der Waals surface area contributed by atoms with E-state index in [1.165, 1.54) is 23.0 Å². The molecule has 2 aromatic rings. The summed E-state index contributed by atoms with van der Waals surface area (Å²) >= 11 is 0. The normalized spacial score (nSPS) is 23.5. The molecule has 0 bridgehead atoms. The highest BCUT2D eigenvalue weighted by Gasteiger charge is 2.38. The van der Waals surface area contributed by atoms with E-state index in [-0.39, 0.29) is 30.0 Å². The maximum atomic E-state index is 13.4. The zero-order chi connectivity index (χ0) is 16.7. The van der Waals surface area contributed by atoms with E-state index in [4.69, 9.17) is 4.74 Å². The number of nitrogens with zero attached hydrogens (tertiary/aromatic N) is 3. The molecule has 0 unspecified atom stereocenters. The number of rotatable bonds is 2. The van der Waals surface area contributed by atoms with Crippen molar-refractivity contribution in [2.75, 3.05) is 13.2 Å². The molecular weight excluding hydrogens is 313 g/mol. The van der Waals surface area contributed by atoms with Crippen molar-refractivity contribution in [3.05, 3.63) is 40.7 Å². The number of carbonyl (C=O) groups excluding carboxylic acids is 1. The van der Waals surface area contributed by atoms with Gasteiger partial charge in [-0.25, -0.2) is 9.37 Å². The van der Waals surface area contributed by atoms with E-state index in [0.29, 0.717) is 18.7 Å². The van der Waals surface area contributed by atoms with Crippen molar-refractivity contribution in [2.24, 2.45) is 0 Å². The predicted octanol–water partition coefficient (Wildman–Crippen LogP) is 1.32. The van der Waals surface area contributed by atoms with E-state index in [0.717, 1.165) is 25.3 Å². The molecule has 7 heteroatoms. The van der Waals surface area contributed by atoms with Gasteiger partial charge in [0, 0.05) is 6.54 Å². The predicted molar refractivity (Wildman–Crippen MR) is 85.1 cm³/mol. The van der Waals surface area contributed by atoms with Crippen LogP contribution in [0.2, 0.25) is 0 Å². The van der Waals surface area contributed by atoms with Crippen molar-refractivity contribution in [2.45, 2.75) is 38.0 Å². The molecule has 4 rings (SSSR count). The summed E-state index contributed by atoms with van der Waals surface area (Å²) in [5.74, 6) is -0.609. The third-order valence-electron chi connectivity index (χ3n) is 4.89. The largest absolute Gasteiger partial charge is 0.374 e. The third-order valence-corrected chi connectivity index (χ3v) is 4.89. The number of benzene rings is 1. The van der Waals surface area contributed by atoms with E-state index in [9.17, 15) is 14.0 Å². The van der Waals surface area contributed by atoms with E-state index < -0.39 is 11.4 Å². The minimum absolute atomic E-state index is 0.0818. The fourth-order valence-corrected chi connectivity index (χ4v) is 3.72. The Labute approximate surface area is 137 Å². The molecule has 126 valence electrons. The van der Waals surface area contributed by atoms with E-state index in [1.54, 1.807) is 0 Å². The van der Waals surface area contributed by atoms with Crippen LogP contribution < -0.4 is 5.56 Å². The van der Waals surface area contributed by atoms with Crippen molar-refractivity contribution >= 4 is 16.8 Å². The molecule has 1 aromatic heterocycles. The van der Waals surface area contributed by atoms with Crippen LogP contribution in [-0.2, 0) is 16.1 Å². The first-order chi connectivity index (χ1) is 11.6. The quantitative estimate of drug-likeness (QED) is 0.832. The van der Waals surface area contributed by atoms with Crippen LogP contribution in [0.5, 0.6) is 0 Å². The molecule has 1 saturated carbocycles. The van der Waals surface area contributed by atoms with Crippen molar-refractivity contribution in [3.8, 4) is 0 Å². The van der Waals surface area contributed by atoms with Crippen LogP contribution in [0.25, 0.3) is 10.9 Å². The summed E-state index contributed by atoms with van der Waals surface area (Å²) in [6.07, 6.45) is 4.43. The van der Waals surface area contributed by atoms with Gasteiger partial charge in [-0.3, -0.25) is 14.2 Å². The lowest BCUT2D eigenvalue weighted by Crippen LogP contribution is -2.52. The molecule has 1 amide bonds. The van der Waals surface area contributed by atoms with Gasteiger partial charge in [-0.2, -0.15) is 0 Å². The van der Waals surface area contributed by atoms with Crippen molar-refractivity contribution in [1.29, 1.82) is 0 Å². The van der Waals surface area contributed by atoms with Crippen LogP contribution in [0, 0.1) is 5.82 Å². The summed E-state index contributed by atoms with van der Waals surface area (Å²) in [6.45, 7) is 0.995. The Morgan fingerprint density at radius 3 is 3.12 bits per heavy atom. The van der Waals surface area contributed by atoms with Crippen LogP contribution in [0.4, 0.5) is 4.39 Å². The number of amides is 1. The number of fused-ring (bicyclic) bond motifs is 2. The van der Waals surface area contributed by atoms with Gasteiger partial charge in [0.1, 0.15) is 12.4 Å². The molecule has 0 spiro atoms. The lowest BCUT2D eigenvalue weighted by atomic mass is 10.1. The Hall–Kier alpha value is -2.28. The zero-order valence-corrected chi connectivity index (χ0v) is 13.2. The summed E-state index contributed by atoms with van der Waals surface area (Å²) in [5.41, 5.74) is 0.0245. The van der Waals surface area contributed by atoms with Crippen LogP contribution in [0.1, 0.15) is 19.3 Å². The summed E-state index contributed by atoms with van der Waals surface area (Å²) in [6, 6.07) is 3.99. The molecule has 2 atom stereocenters. The Balaban J connectivity index is 1.60. The van der Waals surface area contributed by atoms with E-state index in [1.807, 2.05) is 4.90 Å². The average Bonchev–Trinajstić information content (AvgIpc) is 3.06. The topological polar surface area (TPSA) is 64.4 Å². The number of halogens is 1. The second-order valence-corrected chi connectivity index (χ2v) is 6.33. The highest BCUT2D eigenvalue weighted by atomic mass is 19.1. The molecule has 1 aliphatic carbocycles. The number of hydrogen-bond acceptors (Lipinski definition) is 4. The average molecular weight is 331 g/mol. The molecule has 1 aliphatic heterocycles. The molecule has 0 radical (unpaired) electrons. The van der Waals surface area contributed by atoms with Crippen molar-refractivity contribution in [1.82, 2.24) is 14.5 Å². The summed E-state index contributed by atoms with van der Waals surface area (Å²) in [7, 11) is 0. The SMILES string of the molecule is O=C(Cn1cnc2ccc(F)cc2c1=O)N1CCO[C@@H]2CCC[C@@H]21. The number of ether oxygens (including phenoxy) is 1. The zero-order valence-electron chi connectivity index (χ0n) is 13.2. The minimum atomic E-state index is -0.493. The fourth-order valence-electron chi connectivity index (χ4n) is 3.72. The summed E-state index contributed by atoms with van der Waals surface area (Å²) < 4.78 is 20.3. The molecule has 24 heavy (non-hydrogen) atoms. The van der Waals surface area contributed by atoms with Crippen molar-refractivity contribution < 1.29 is 13.9 Å². The second-order valence-electron chi connectivity index (χ2n) is 6.33. The first kappa shape index (κ1) is 15.3. The molecule has 2 heterocycles. The summed E-state index contributed by atoms with van der Waals surface area (Å²) in [4.78, 5) is 31.1. The van der Waals surface area contributed by atoms with Gasteiger partial charge in [0.25, 0.3) is 5.56 Å². The molecule has 2 fully saturated rings. The maximum absolute atomic E-state index is 13.4. The lowest BCUT2D eigenvalue weighted by molar-refractivity contribution is -0.144. The van der Waals surface area contributed by atoms with Gasteiger partial charge in [-0.05, 0) is 37.5 Å². The molecule has 1 saturated heterocycles. The Bertz CT molecular complexity index is 851. The third kappa shape index (κ3) is 2.58. The minimum Gasteiger partial charge on any atom is -0.374 e. The van der Waals surface area contributed by atoms with Crippen LogP contribution in [-0.4, -0.2) is 45.7 Å². The van der Waals surface area contributed by atoms with Gasteiger partial charge in [-0.1, -0.05) is 0 Å². The first-order valence-corrected chi connectivity index (χ1v) is 8.19. The van der Waals surface area contributed by atoms with Gasteiger partial charge in [0.2, 0.25) is 5.91 Å². The van der Waals surface area contributed by atoms with Crippen molar-refractivity contribution in [3.63, 3.8) is 0 Å². The summed E-state index contributed by atoms with van der Waals surface area (Å²) in [5, 5.41) is 0.186. The van der Waals surface area contributed by atoms with Gasteiger partial charge in [0.15, 0.2) is 0 Å². The van der Waals surface area contributed by atoms with Gasteiger partial charge in [-0.15, -0.1) is 0 Å². The van der Waals surface area contributed by atoms with Crippen LogP contribution in [0.15, 0.2) is 29.3 Å². The highest BCUT2D eigenvalue weighted by Crippen LogP contribution is 2.29. The Morgan fingerprint density at radius 1 is 1.38 bits per heavy atom.